The average molecular weight is 827 g/mol. The largest absolute Gasteiger partial charge is 0.462 e. The van der Waals surface area contributed by atoms with Crippen LogP contribution < -0.4 is 5.32 Å². The molecule has 0 amide bonds. The summed E-state index contributed by atoms with van der Waals surface area (Å²) in [6.45, 7) is 12.0. The molecule has 1 aromatic heterocycles. The fraction of sp³-hybridized carbons (Fsp3) is 0.682. The van der Waals surface area contributed by atoms with E-state index >= 15 is 0 Å². The molecule has 1 fully saturated rings. The smallest absolute Gasteiger partial charge is 0.308 e. The summed E-state index contributed by atoms with van der Waals surface area (Å²) in [7, 11) is 5.51. The van der Waals surface area contributed by atoms with Crippen molar-refractivity contribution in [3.05, 3.63) is 71.6 Å². The van der Waals surface area contributed by atoms with Crippen molar-refractivity contribution in [2.24, 2.45) is 23.7 Å². The molecule has 3 unspecified atom stereocenters. The number of carbonyl (C=O) groups is 2. The van der Waals surface area contributed by atoms with Crippen LogP contribution in [0.25, 0.3) is 0 Å². The van der Waals surface area contributed by atoms with Crippen LogP contribution >= 0.6 is 0 Å². The molecule has 59 heavy (non-hydrogen) atoms. The maximum Gasteiger partial charge on any atom is 0.308 e. The Morgan fingerprint density at radius 3 is 2.44 bits per heavy atom. The number of hydrogen-bond acceptors (Lipinski definition) is 14. The first-order chi connectivity index (χ1) is 28.1. The van der Waals surface area contributed by atoms with Gasteiger partial charge in [-0.25, -0.2) is 0 Å². The molecule has 0 aliphatic carbocycles. The zero-order chi connectivity index (χ0) is 43.2. The van der Waals surface area contributed by atoms with Gasteiger partial charge in [-0.15, -0.1) is 5.10 Å². The number of cyclic esters (lactones) is 1. The fourth-order valence-corrected chi connectivity index (χ4v) is 8.14. The van der Waals surface area contributed by atoms with Gasteiger partial charge in [0.1, 0.15) is 12.2 Å². The highest BCUT2D eigenvalue weighted by atomic mass is 16.7. The number of esters is 1. The topological polar surface area (TPSA) is 192 Å². The van der Waals surface area contributed by atoms with E-state index in [2.05, 4.69) is 32.7 Å². The zero-order valence-electron chi connectivity index (χ0n) is 36.3. The first-order valence-corrected chi connectivity index (χ1v) is 21.2. The molecule has 1 aromatic carbocycles. The number of aliphatic hydroxyl groups excluding tert-OH is 4. The number of ketones is 1. The van der Waals surface area contributed by atoms with Gasteiger partial charge in [-0.2, -0.15) is 0 Å². The summed E-state index contributed by atoms with van der Waals surface area (Å²) in [5, 5.41) is 56.6. The van der Waals surface area contributed by atoms with Crippen molar-refractivity contribution in [2.75, 3.05) is 40.8 Å². The molecular weight excluding hydrogens is 757 g/mol. The SMILES string of the molecule is CC[C@H]1OC(=O)C[C@@H](O)[C@H](C)[C@@H](O[C@@H]2O[C@H](C)C(O)C(N(C)C)C2O)[C@@H](CCN(C)Cc2cn(CCNCc3ccccc3)nn2)C[C@@H](C)C(=O)/C=C/C(C)=C/[C@@H]1CO. The Morgan fingerprint density at radius 1 is 1.03 bits per heavy atom. The third-order valence-corrected chi connectivity index (χ3v) is 11.8. The highest BCUT2D eigenvalue weighted by molar-refractivity contribution is 5.91. The molecule has 12 atom stereocenters. The van der Waals surface area contributed by atoms with E-state index in [1.807, 2.05) is 56.9 Å². The molecule has 15 heteroatoms. The molecule has 0 saturated carbocycles. The molecule has 0 radical (unpaired) electrons. The molecular formula is C44H70N6O9. The van der Waals surface area contributed by atoms with E-state index in [-0.39, 0.29) is 24.7 Å². The monoisotopic (exact) mass is 827 g/mol. The molecule has 0 bridgehead atoms. The van der Waals surface area contributed by atoms with Crippen LogP contribution in [0.3, 0.4) is 0 Å². The van der Waals surface area contributed by atoms with Gasteiger partial charge < -0.3 is 49.8 Å². The van der Waals surface area contributed by atoms with Crippen molar-refractivity contribution in [1.82, 2.24) is 30.1 Å². The summed E-state index contributed by atoms with van der Waals surface area (Å²) in [6, 6.07) is 9.51. The average Bonchev–Trinajstić information content (AvgIpc) is 3.65. The maximum absolute atomic E-state index is 13.7. The number of likely N-dealkylation sites (N-methyl/N-ethyl adjacent to an activating group) is 1. The third-order valence-electron chi connectivity index (χ3n) is 11.8. The summed E-state index contributed by atoms with van der Waals surface area (Å²) in [5.41, 5.74) is 2.76. The van der Waals surface area contributed by atoms with Crippen LogP contribution in [0, 0.1) is 23.7 Å². The molecule has 330 valence electrons. The quantitative estimate of drug-likeness (QED) is 0.130. The molecule has 0 spiro atoms. The molecule has 2 aliphatic rings. The third kappa shape index (κ3) is 14.4. The first-order valence-electron chi connectivity index (χ1n) is 21.2. The molecule has 1 saturated heterocycles. The van der Waals surface area contributed by atoms with Gasteiger partial charge >= 0.3 is 5.97 Å². The number of ether oxygens (including phenoxy) is 3. The van der Waals surface area contributed by atoms with Crippen molar-refractivity contribution in [3.8, 4) is 0 Å². The van der Waals surface area contributed by atoms with Crippen LogP contribution in [0.4, 0.5) is 0 Å². The number of benzene rings is 1. The van der Waals surface area contributed by atoms with E-state index in [9.17, 15) is 30.0 Å². The molecule has 3 heterocycles. The Bertz CT molecular complexity index is 1640. The Hall–Kier alpha value is -3.38. The number of carbonyl (C=O) groups excluding carboxylic acids is 2. The Morgan fingerprint density at radius 2 is 1.76 bits per heavy atom. The van der Waals surface area contributed by atoms with Crippen LogP contribution in [0.1, 0.15) is 71.6 Å². The summed E-state index contributed by atoms with van der Waals surface area (Å²) in [6.07, 6.45) is 1.23. The van der Waals surface area contributed by atoms with Crippen LogP contribution in [-0.4, -0.2) is 147 Å². The van der Waals surface area contributed by atoms with E-state index < -0.39 is 72.7 Å². The molecule has 2 aliphatic heterocycles. The van der Waals surface area contributed by atoms with Crippen molar-refractivity contribution in [2.45, 2.75) is 129 Å². The lowest BCUT2D eigenvalue weighted by Gasteiger charge is -2.46. The molecule has 2 aromatic rings. The Kier molecular flexibility index (Phi) is 19.3. The Labute approximate surface area is 350 Å². The van der Waals surface area contributed by atoms with Gasteiger partial charge in [0.25, 0.3) is 0 Å². The normalized spacial score (nSPS) is 33.2. The fourth-order valence-electron chi connectivity index (χ4n) is 8.14. The van der Waals surface area contributed by atoms with Gasteiger partial charge in [0.05, 0.1) is 55.7 Å². The molecule has 15 nitrogen and oxygen atoms in total. The minimum atomic E-state index is -1.25. The van der Waals surface area contributed by atoms with Gasteiger partial charge in [0, 0.05) is 43.6 Å². The molecule has 5 N–H and O–H groups in total. The number of aliphatic hydroxyl groups is 4. The number of aromatic nitrogens is 3. The van der Waals surface area contributed by atoms with Crippen LogP contribution in [0.2, 0.25) is 0 Å². The Balaban J connectivity index is 1.58. The highest BCUT2D eigenvalue weighted by Crippen LogP contribution is 2.35. The summed E-state index contributed by atoms with van der Waals surface area (Å²) >= 11 is 0. The number of allylic oxidation sites excluding steroid dienone is 3. The zero-order valence-corrected chi connectivity index (χ0v) is 36.3. The minimum absolute atomic E-state index is 0.0950. The molecule has 4 rings (SSSR count). The second-order valence-corrected chi connectivity index (χ2v) is 16.9. The van der Waals surface area contributed by atoms with Crippen molar-refractivity contribution < 1.29 is 44.2 Å². The van der Waals surface area contributed by atoms with Gasteiger partial charge in [-0.3, -0.25) is 14.3 Å². The van der Waals surface area contributed by atoms with E-state index in [0.29, 0.717) is 38.9 Å². The number of nitrogens with one attached hydrogen (secondary N) is 1. The van der Waals surface area contributed by atoms with Crippen molar-refractivity contribution >= 4 is 11.8 Å². The van der Waals surface area contributed by atoms with Crippen LogP contribution in [0.5, 0.6) is 0 Å². The van der Waals surface area contributed by atoms with Gasteiger partial charge in [0.2, 0.25) is 0 Å². The second kappa shape index (κ2) is 23.6. The van der Waals surface area contributed by atoms with Gasteiger partial charge in [-0.05, 0) is 78.4 Å². The van der Waals surface area contributed by atoms with Crippen LogP contribution in [0.15, 0.2) is 60.3 Å². The van der Waals surface area contributed by atoms with Crippen LogP contribution in [-0.2, 0) is 43.4 Å². The van der Waals surface area contributed by atoms with Crippen molar-refractivity contribution in [3.63, 3.8) is 0 Å². The van der Waals surface area contributed by atoms with E-state index in [1.54, 1.807) is 51.1 Å². The standard InChI is InChI=1S/C44H70N6O9/c1-9-38-34(27-51)21-28(2)15-16-36(52)29(3)22-33(17-19-49(8)25-35-26-50(47-46-35)20-18-45-24-32-13-11-10-12-14-32)43(30(4)37(53)23-39(54)58-38)59-44-42(56)40(48(6)7)41(55)31(5)57-44/h10-16,21,26,29-31,33-34,37-38,40-45,51,53,55-56H,9,17-20,22-25,27H2,1-8H3/b16-15+,28-21+/t29-,30+,31-,33+,34-,37-,38-,40?,41?,42?,43-,44+/m1/s1. The van der Waals surface area contributed by atoms with E-state index in [1.165, 1.54) is 5.56 Å². The van der Waals surface area contributed by atoms with E-state index in [4.69, 9.17) is 14.2 Å². The number of nitrogens with zero attached hydrogens (tertiary/aromatic N) is 5. The van der Waals surface area contributed by atoms with Crippen molar-refractivity contribution in [1.29, 1.82) is 0 Å². The maximum atomic E-state index is 13.7. The predicted molar refractivity (Wildman–Crippen MR) is 224 cm³/mol. The number of hydrogen-bond donors (Lipinski definition) is 5. The predicted octanol–water partition coefficient (Wildman–Crippen LogP) is 2.72. The van der Waals surface area contributed by atoms with E-state index in [0.717, 1.165) is 24.4 Å². The van der Waals surface area contributed by atoms with Gasteiger partial charge in [-0.1, -0.05) is 74.0 Å². The minimum Gasteiger partial charge on any atom is -0.462 e. The first kappa shape index (κ1) is 48.3. The lowest BCUT2D eigenvalue weighted by molar-refractivity contribution is -0.304. The summed E-state index contributed by atoms with van der Waals surface area (Å²) in [4.78, 5) is 30.9. The summed E-state index contributed by atoms with van der Waals surface area (Å²) < 4.78 is 20.5. The summed E-state index contributed by atoms with van der Waals surface area (Å²) in [5.74, 6) is -2.71. The lowest BCUT2D eigenvalue weighted by atomic mass is 9.79. The van der Waals surface area contributed by atoms with Gasteiger partial charge in [0.15, 0.2) is 12.1 Å². The number of rotatable bonds is 15. The highest BCUT2D eigenvalue weighted by Gasteiger charge is 2.47. The lowest BCUT2D eigenvalue weighted by Crippen LogP contribution is -2.63. The second-order valence-electron chi connectivity index (χ2n) is 16.9.